The average molecular weight is 378 g/mol. The molecule has 5 heteroatoms. The second kappa shape index (κ2) is 7.41. The zero-order valence-electron chi connectivity index (χ0n) is 14.8. The second-order valence-corrected chi connectivity index (χ2v) is 7.20. The average Bonchev–Trinajstić information content (AvgIpc) is 2.68. The standard InChI is InChI=1S/C22H20ClN3O/c23-15-8-5-14(6-9-15)7-12-21(27)25-16-10-11-20-18(13-16)22(24)17-3-1-2-4-19(17)26-20/h5-13H,1-4H2,(H2,24,26)(H,25,27)/b12-7+. The topological polar surface area (TPSA) is 68.0 Å². The maximum atomic E-state index is 12.2. The van der Waals surface area contributed by atoms with E-state index in [0.29, 0.717) is 10.7 Å². The van der Waals surface area contributed by atoms with Crippen molar-refractivity contribution < 1.29 is 4.79 Å². The minimum atomic E-state index is -0.200. The number of nitrogen functional groups attached to an aromatic ring is 1. The monoisotopic (exact) mass is 377 g/mol. The van der Waals surface area contributed by atoms with Crippen molar-refractivity contribution in [2.24, 2.45) is 0 Å². The highest BCUT2D eigenvalue weighted by Crippen LogP contribution is 2.32. The zero-order valence-corrected chi connectivity index (χ0v) is 15.6. The number of aryl methyl sites for hydroxylation is 1. The number of aromatic nitrogens is 1. The summed E-state index contributed by atoms with van der Waals surface area (Å²) in [6.45, 7) is 0. The minimum absolute atomic E-state index is 0.200. The molecule has 0 atom stereocenters. The van der Waals surface area contributed by atoms with Gasteiger partial charge in [0.05, 0.1) is 5.52 Å². The summed E-state index contributed by atoms with van der Waals surface area (Å²) in [4.78, 5) is 17.0. The van der Waals surface area contributed by atoms with E-state index in [1.807, 2.05) is 30.3 Å². The number of carbonyl (C=O) groups excluding carboxylic acids is 1. The first-order chi connectivity index (χ1) is 13.1. The van der Waals surface area contributed by atoms with Gasteiger partial charge in [-0.15, -0.1) is 0 Å². The molecule has 0 saturated heterocycles. The molecular formula is C22H20ClN3O. The highest BCUT2D eigenvalue weighted by atomic mass is 35.5. The van der Waals surface area contributed by atoms with Crippen LogP contribution in [-0.2, 0) is 17.6 Å². The normalized spacial score (nSPS) is 13.7. The number of nitrogens with two attached hydrogens (primary N) is 1. The fourth-order valence-corrected chi connectivity index (χ4v) is 3.59. The van der Waals surface area contributed by atoms with E-state index in [0.717, 1.165) is 47.1 Å². The van der Waals surface area contributed by atoms with Gasteiger partial charge in [-0.2, -0.15) is 0 Å². The number of hydrogen-bond donors (Lipinski definition) is 2. The number of anilines is 2. The molecule has 27 heavy (non-hydrogen) atoms. The number of nitrogens with one attached hydrogen (secondary N) is 1. The Kier molecular flexibility index (Phi) is 4.82. The highest BCUT2D eigenvalue weighted by molar-refractivity contribution is 6.30. The summed E-state index contributed by atoms with van der Waals surface area (Å²) in [5, 5.41) is 4.45. The van der Waals surface area contributed by atoms with E-state index >= 15 is 0 Å². The van der Waals surface area contributed by atoms with Gasteiger partial charge in [-0.25, -0.2) is 0 Å². The smallest absolute Gasteiger partial charge is 0.248 e. The fraction of sp³-hybridized carbons (Fsp3) is 0.182. The van der Waals surface area contributed by atoms with Gasteiger partial charge in [0.2, 0.25) is 5.91 Å². The van der Waals surface area contributed by atoms with Crippen LogP contribution in [0.4, 0.5) is 11.4 Å². The molecule has 0 aliphatic heterocycles. The Bertz CT molecular complexity index is 1040. The van der Waals surface area contributed by atoms with Gasteiger partial charge in [0, 0.05) is 33.6 Å². The molecule has 1 amide bonds. The molecule has 0 spiro atoms. The summed E-state index contributed by atoms with van der Waals surface area (Å²) in [5.41, 5.74) is 12.0. The molecule has 0 unspecified atom stereocenters. The number of fused-ring (bicyclic) bond motifs is 2. The van der Waals surface area contributed by atoms with Gasteiger partial charge in [0.25, 0.3) is 0 Å². The van der Waals surface area contributed by atoms with E-state index in [-0.39, 0.29) is 5.91 Å². The number of benzene rings is 2. The first kappa shape index (κ1) is 17.6. The number of carbonyl (C=O) groups is 1. The van der Waals surface area contributed by atoms with E-state index < -0.39 is 0 Å². The van der Waals surface area contributed by atoms with Crippen molar-refractivity contribution in [3.63, 3.8) is 0 Å². The molecule has 1 heterocycles. The fourth-order valence-electron chi connectivity index (χ4n) is 3.47. The van der Waals surface area contributed by atoms with E-state index in [2.05, 4.69) is 5.32 Å². The lowest BCUT2D eigenvalue weighted by atomic mass is 9.93. The summed E-state index contributed by atoms with van der Waals surface area (Å²) in [7, 11) is 0. The Morgan fingerprint density at radius 3 is 2.70 bits per heavy atom. The van der Waals surface area contributed by atoms with Crippen LogP contribution in [0.5, 0.6) is 0 Å². The Morgan fingerprint density at radius 2 is 1.89 bits per heavy atom. The third kappa shape index (κ3) is 3.81. The number of hydrogen-bond acceptors (Lipinski definition) is 3. The van der Waals surface area contributed by atoms with E-state index in [1.54, 1.807) is 18.2 Å². The number of amides is 1. The molecule has 136 valence electrons. The largest absolute Gasteiger partial charge is 0.398 e. The minimum Gasteiger partial charge on any atom is -0.398 e. The molecule has 3 N–H and O–H groups in total. The van der Waals surface area contributed by atoms with Crippen molar-refractivity contribution in [2.75, 3.05) is 11.1 Å². The zero-order chi connectivity index (χ0) is 18.8. The molecule has 4 nitrogen and oxygen atoms in total. The summed E-state index contributed by atoms with van der Waals surface area (Å²) in [6, 6.07) is 13.0. The van der Waals surface area contributed by atoms with Gasteiger partial charge in [-0.3, -0.25) is 9.78 Å². The first-order valence-electron chi connectivity index (χ1n) is 9.06. The van der Waals surface area contributed by atoms with Crippen LogP contribution in [0.25, 0.3) is 17.0 Å². The van der Waals surface area contributed by atoms with E-state index in [1.165, 1.54) is 18.1 Å². The van der Waals surface area contributed by atoms with Crippen LogP contribution in [0.2, 0.25) is 5.02 Å². The quantitative estimate of drug-likeness (QED) is 0.631. The summed E-state index contributed by atoms with van der Waals surface area (Å²) < 4.78 is 0. The predicted molar refractivity (Wildman–Crippen MR) is 112 cm³/mol. The summed E-state index contributed by atoms with van der Waals surface area (Å²) in [5.74, 6) is -0.200. The van der Waals surface area contributed by atoms with Crippen molar-refractivity contribution in [2.45, 2.75) is 25.7 Å². The van der Waals surface area contributed by atoms with Crippen molar-refractivity contribution >= 4 is 45.9 Å². The van der Waals surface area contributed by atoms with Crippen molar-refractivity contribution in [1.29, 1.82) is 0 Å². The van der Waals surface area contributed by atoms with Crippen LogP contribution in [-0.4, -0.2) is 10.9 Å². The predicted octanol–water partition coefficient (Wildman–Crippen LogP) is 5.00. The maximum Gasteiger partial charge on any atom is 0.248 e. The Labute approximate surface area is 163 Å². The third-order valence-electron chi connectivity index (χ3n) is 4.87. The van der Waals surface area contributed by atoms with Crippen LogP contribution in [0.3, 0.4) is 0 Å². The SMILES string of the molecule is Nc1c2c(nc3ccc(NC(=O)/C=C/c4ccc(Cl)cc4)cc13)CCCC2. The van der Waals surface area contributed by atoms with Gasteiger partial charge in [-0.1, -0.05) is 23.7 Å². The van der Waals surface area contributed by atoms with Crippen LogP contribution >= 0.6 is 11.6 Å². The summed E-state index contributed by atoms with van der Waals surface area (Å²) in [6.07, 6.45) is 7.53. The van der Waals surface area contributed by atoms with Crippen LogP contribution < -0.4 is 11.1 Å². The van der Waals surface area contributed by atoms with Gasteiger partial charge in [0.1, 0.15) is 0 Å². The number of rotatable bonds is 3. The summed E-state index contributed by atoms with van der Waals surface area (Å²) >= 11 is 5.87. The molecule has 1 aromatic heterocycles. The number of nitrogens with zero attached hydrogens (tertiary/aromatic N) is 1. The molecule has 1 aliphatic carbocycles. The second-order valence-electron chi connectivity index (χ2n) is 6.76. The van der Waals surface area contributed by atoms with Gasteiger partial charge in [0.15, 0.2) is 0 Å². The molecule has 0 bridgehead atoms. The van der Waals surface area contributed by atoms with Crippen molar-refractivity contribution in [3.8, 4) is 0 Å². The van der Waals surface area contributed by atoms with Crippen LogP contribution in [0.1, 0.15) is 29.7 Å². The van der Waals surface area contributed by atoms with Gasteiger partial charge < -0.3 is 11.1 Å². The lowest BCUT2D eigenvalue weighted by Crippen LogP contribution is -2.10. The maximum absolute atomic E-state index is 12.2. The van der Waals surface area contributed by atoms with Crippen molar-refractivity contribution in [3.05, 3.63) is 70.4 Å². The van der Waals surface area contributed by atoms with E-state index in [9.17, 15) is 4.79 Å². The number of halogens is 1. The highest BCUT2D eigenvalue weighted by Gasteiger charge is 2.16. The molecule has 0 radical (unpaired) electrons. The lowest BCUT2D eigenvalue weighted by Gasteiger charge is -2.18. The molecule has 0 saturated carbocycles. The Balaban J connectivity index is 1.56. The third-order valence-corrected chi connectivity index (χ3v) is 5.12. The molecule has 2 aromatic carbocycles. The first-order valence-corrected chi connectivity index (χ1v) is 9.43. The molecule has 4 rings (SSSR count). The Hall–Kier alpha value is -2.85. The van der Waals surface area contributed by atoms with Crippen molar-refractivity contribution in [1.82, 2.24) is 4.98 Å². The molecule has 3 aromatic rings. The van der Waals surface area contributed by atoms with Gasteiger partial charge >= 0.3 is 0 Å². The lowest BCUT2D eigenvalue weighted by molar-refractivity contribution is -0.111. The molecule has 0 fully saturated rings. The molecule has 1 aliphatic rings. The number of pyridine rings is 1. The van der Waals surface area contributed by atoms with Gasteiger partial charge in [-0.05, 0) is 73.2 Å². The van der Waals surface area contributed by atoms with Crippen LogP contribution in [0, 0.1) is 0 Å². The van der Waals surface area contributed by atoms with E-state index in [4.69, 9.17) is 22.3 Å². The Morgan fingerprint density at radius 1 is 1.11 bits per heavy atom. The molecular weight excluding hydrogens is 358 g/mol. The van der Waals surface area contributed by atoms with Crippen LogP contribution in [0.15, 0.2) is 48.5 Å².